The Hall–Kier alpha value is -2.52. The normalized spacial score (nSPS) is 18.4. The predicted octanol–water partition coefficient (Wildman–Crippen LogP) is 4.95. The molecule has 0 aliphatic carbocycles. The minimum absolute atomic E-state index is 0.0123. The SMILES string of the molecule is CN1C(=O)C(CC(=O)Nc2ccccc2)SC1=Nc1ccc(Cl)c(C(F)(F)F)c1. The number of alkyl halides is 3. The second-order valence-corrected chi connectivity index (χ2v) is 7.76. The molecule has 1 atom stereocenters. The molecule has 2 aromatic carbocycles. The fourth-order valence-electron chi connectivity index (χ4n) is 2.61. The van der Waals surface area contributed by atoms with Crippen molar-refractivity contribution in [3.63, 3.8) is 0 Å². The first-order valence-corrected chi connectivity index (χ1v) is 9.65. The Bertz CT molecular complexity index is 967. The monoisotopic (exact) mass is 441 g/mol. The summed E-state index contributed by atoms with van der Waals surface area (Å²) in [6.07, 6.45) is -4.70. The molecule has 3 rings (SSSR count). The van der Waals surface area contributed by atoms with Gasteiger partial charge in [0.15, 0.2) is 5.17 Å². The first-order chi connectivity index (χ1) is 13.6. The Morgan fingerprint density at radius 1 is 1.24 bits per heavy atom. The second kappa shape index (κ2) is 8.46. The van der Waals surface area contributed by atoms with Gasteiger partial charge in [-0.15, -0.1) is 0 Å². The van der Waals surface area contributed by atoms with Crippen LogP contribution < -0.4 is 5.32 Å². The van der Waals surface area contributed by atoms with Gasteiger partial charge in [0.05, 0.1) is 16.3 Å². The lowest BCUT2D eigenvalue weighted by Gasteiger charge is -2.11. The molecule has 29 heavy (non-hydrogen) atoms. The van der Waals surface area contributed by atoms with E-state index in [0.717, 1.165) is 23.9 Å². The number of para-hydroxylation sites is 1. The highest BCUT2D eigenvalue weighted by Gasteiger charge is 2.37. The zero-order valence-electron chi connectivity index (χ0n) is 15.0. The van der Waals surface area contributed by atoms with Gasteiger partial charge in [0.2, 0.25) is 11.8 Å². The number of benzene rings is 2. The molecule has 2 aromatic rings. The van der Waals surface area contributed by atoms with Crippen LogP contribution in [0.1, 0.15) is 12.0 Å². The summed E-state index contributed by atoms with van der Waals surface area (Å²) in [4.78, 5) is 30.0. The van der Waals surface area contributed by atoms with E-state index in [2.05, 4.69) is 10.3 Å². The van der Waals surface area contributed by atoms with Gasteiger partial charge in [0.25, 0.3) is 0 Å². The highest BCUT2D eigenvalue weighted by Crippen LogP contribution is 2.38. The lowest BCUT2D eigenvalue weighted by Crippen LogP contribution is -2.30. The summed E-state index contributed by atoms with van der Waals surface area (Å²) < 4.78 is 39.1. The van der Waals surface area contributed by atoms with Crippen LogP contribution in [0.15, 0.2) is 53.5 Å². The number of hydrogen-bond acceptors (Lipinski definition) is 4. The van der Waals surface area contributed by atoms with Crippen molar-refractivity contribution in [2.24, 2.45) is 4.99 Å². The zero-order valence-corrected chi connectivity index (χ0v) is 16.6. The molecule has 0 radical (unpaired) electrons. The Labute approximate surface area is 173 Å². The first-order valence-electron chi connectivity index (χ1n) is 8.39. The maximum Gasteiger partial charge on any atom is 0.417 e. The number of nitrogens with zero attached hydrogens (tertiary/aromatic N) is 2. The van der Waals surface area contributed by atoms with E-state index in [1.54, 1.807) is 24.3 Å². The van der Waals surface area contributed by atoms with E-state index in [9.17, 15) is 22.8 Å². The van der Waals surface area contributed by atoms with Crippen LogP contribution in [0.4, 0.5) is 24.5 Å². The van der Waals surface area contributed by atoms with Gasteiger partial charge in [0.1, 0.15) is 5.25 Å². The minimum atomic E-state index is -4.62. The fraction of sp³-hybridized carbons (Fsp3) is 0.211. The predicted molar refractivity (Wildman–Crippen MR) is 107 cm³/mol. The molecule has 2 amide bonds. The Morgan fingerprint density at radius 2 is 1.93 bits per heavy atom. The summed E-state index contributed by atoms with van der Waals surface area (Å²) in [5.41, 5.74) is -0.383. The molecule has 10 heteroatoms. The van der Waals surface area contributed by atoms with Crippen molar-refractivity contribution in [1.82, 2.24) is 4.90 Å². The lowest BCUT2D eigenvalue weighted by atomic mass is 10.2. The molecule has 0 saturated carbocycles. The number of halogens is 4. The van der Waals surface area contributed by atoms with Crippen molar-refractivity contribution in [3.05, 3.63) is 59.1 Å². The van der Waals surface area contributed by atoms with Crippen LogP contribution in [-0.2, 0) is 15.8 Å². The van der Waals surface area contributed by atoms with Crippen LogP contribution in [0.2, 0.25) is 5.02 Å². The molecule has 1 aliphatic heterocycles. The van der Waals surface area contributed by atoms with Crippen molar-refractivity contribution in [3.8, 4) is 0 Å². The van der Waals surface area contributed by atoms with Gasteiger partial charge in [0, 0.05) is 19.2 Å². The molecule has 1 heterocycles. The molecule has 1 N–H and O–H groups in total. The van der Waals surface area contributed by atoms with E-state index in [1.165, 1.54) is 18.0 Å². The average Bonchev–Trinajstić information content (AvgIpc) is 2.91. The van der Waals surface area contributed by atoms with E-state index in [0.29, 0.717) is 5.69 Å². The summed E-state index contributed by atoms with van der Waals surface area (Å²) in [6, 6.07) is 12.1. The third-order valence-corrected chi connectivity index (χ3v) is 5.61. The number of carbonyl (C=O) groups is 2. The van der Waals surface area contributed by atoms with Crippen molar-refractivity contribution in [1.29, 1.82) is 0 Å². The molecular weight excluding hydrogens is 427 g/mol. The number of thioether (sulfide) groups is 1. The van der Waals surface area contributed by atoms with Gasteiger partial charge in [-0.25, -0.2) is 4.99 Å². The van der Waals surface area contributed by atoms with Crippen LogP contribution in [0.25, 0.3) is 0 Å². The molecule has 0 bridgehead atoms. The average molecular weight is 442 g/mol. The minimum Gasteiger partial charge on any atom is -0.326 e. The maximum absolute atomic E-state index is 13.0. The van der Waals surface area contributed by atoms with Crippen molar-refractivity contribution in [2.75, 3.05) is 12.4 Å². The van der Waals surface area contributed by atoms with Crippen LogP contribution in [-0.4, -0.2) is 34.2 Å². The Balaban J connectivity index is 1.74. The number of nitrogens with one attached hydrogen (secondary N) is 1. The third-order valence-electron chi connectivity index (χ3n) is 4.05. The topological polar surface area (TPSA) is 61.8 Å². The Kier molecular flexibility index (Phi) is 6.18. The number of carbonyl (C=O) groups excluding carboxylic acids is 2. The van der Waals surface area contributed by atoms with Gasteiger partial charge in [-0.05, 0) is 30.3 Å². The molecule has 152 valence electrons. The number of rotatable bonds is 4. The van der Waals surface area contributed by atoms with Crippen LogP contribution in [0.3, 0.4) is 0 Å². The highest BCUT2D eigenvalue weighted by molar-refractivity contribution is 8.15. The van der Waals surface area contributed by atoms with Gasteiger partial charge in [-0.2, -0.15) is 13.2 Å². The number of amidine groups is 1. The second-order valence-electron chi connectivity index (χ2n) is 6.18. The number of aliphatic imine (C=N–C) groups is 1. The number of hydrogen-bond donors (Lipinski definition) is 1. The molecule has 0 spiro atoms. The molecular formula is C19H15ClF3N3O2S. The summed E-state index contributed by atoms with van der Waals surface area (Å²) in [7, 11) is 1.46. The van der Waals surface area contributed by atoms with Gasteiger partial charge < -0.3 is 5.32 Å². The third kappa shape index (κ3) is 5.10. The number of amides is 2. The van der Waals surface area contributed by atoms with Crippen molar-refractivity contribution < 1.29 is 22.8 Å². The molecule has 1 unspecified atom stereocenters. The Morgan fingerprint density at radius 3 is 2.59 bits per heavy atom. The molecule has 1 saturated heterocycles. The van der Waals surface area contributed by atoms with Crippen LogP contribution >= 0.6 is 23.4 Å². The largest absolute Gasteiger partial charge is 0.417 e. The van der Waals surface area contributed by atoms with Crippen LogP contribution in [0, 0.1) is 0 Å². The summed E-state index contributed by atoms with van der Waals surface area (Å²) in [5.74, 6) is -0.690. The quantitative estimate of drug-likeness (QED) is 0.730. The number of anilines is 1. The summed E-state index contributed by atoms with van der Waals surface area (Å²) in [5, 5.41) is 1.77. The van der Waals surface area contributed by atoms with Gasteiger partial charge >= 0.3 is 6.18 Å². The standard InChI is InChI=1S/C19H15ClF3N3O2S/c1-26-17(28)15(10-16(27)24-11-5-3-2-4-6-11)29-18(26)25-12-7-8-14(20)13(9-12)19(21,22)23/h2-9,15H,10H2,1H3,(H,24,27). The van der Waals surface area contributed by atoms with E-state index in [1.807, 2.05) is 6.07 Å². The molecule has 5 nitrogen and oxygen atoms in total. The van der Waals surface area contributed by atoms with E-state index >= 15 is 0 Å². The van der Waals surface area contributed by atoms with E-state index in [4.69, 9.17) is 11.6 Å². The van der Waals surface area contributed by atoms with Gasteiger partial charge in [-0.1, -0.05) is 41.6 Å². The van der Waals surface area contributed by atoms with E-state index in [-0.39, 0.29) is 29.1 Å². The maximum atomic E-state index is 13.0. The van der Waals surface area contributed by atoms with Gasteiger partial charge in [-0.3, -0.25) is 14.5 Å². The fourth-order valence-corrected chi connectivity index (χ4v) is 3.99. The zero-order chi connectivity index (χ0) is 21.2. The van der Waals surface area contributed by atoms with Crippen molar-refractivity contribution >= 4 is 51.7 Å². The smallest absolute Gasteiger partial charge is 0.326 e. The van der Waals surface area contributed by atoms with E-state index < -0.39 is 22.0 Å². The summed E-state index contributed by atoms with van der Waals surface area (Å²) >= 11 is 6.64. The highest BCUT2D eigenvalue weighted by atomic mass is 35.5. The lowest BCUT2D eigenvalue weighted by molar-refractivity contribution is -0.137. The summed E-state index contributed by atoms with van der Waals surface area (Å²) in [6.45, 7) is 0. The van der Waals surface area contributed by atoms with Crippen LogP contribution in [0.5, 0.6) is 0 Å². The molecule has 1 fully saturated rings. The van der Waals surface area contributed by atoms with Crippen molar-refractivity contribution in [2.45, 2.75) is 17.8 Å². The molecule has 1 aliphatic rings. The first kappa shape index (κ1) is 21.2. The molecule has 0 aromatic heterocycles.